The van der Waals surface area contributed by atoms with Crippen LogP contribution >= 0.6 is 0 Å². The molecule has 1 aromatic rings. The average Bonchev–Trinajstić information content (AvgIpc) is 2.62. The number of hydrogen-bond donors (Lipinski definition) is 3. The van der Waals surface area contributed by atoms with E-state index in [1.54, 1.807) is 0 Å². The number of carbonyl (C=O) groups is 2. The predicted octanol–water partition coefficient (Wildman–Crippen LogP) is 3.10. The Morgan fingerprint density at radius 3 is 2.80 bits per heavy atom. The minimum absolute atomic E-state index is 0.0129. The van der Waals surface area contributed by atoms with E-state index in [1.807, 2.05) is 12.1 Å². The summed E-state index contributed by atoms with van der Waals surface area (Å²) >= 11 is 0. The fourth-order valence-corrected chi connectivity index (χ4v) is 4.03. The van der Waals surface area contributed by atoms with E-state index in [9.17, 15) is 9.59 Å². The van der Waals surface area contributed by atoms with Gasteiger partial charge in [-0.25, -0.2) is 0 Å². The molecule has 5 heteroatoms. The zero-order valence-corrected chi connectivity index (χ0v) is 14.7. The minimum atomic E-state index is -0.895. The Labute approximate surface area is 149 Å². The van der Waals surface area contributed by atoms with Crippen LogP contribution in [0.1, 0.15) is 54.4 Å². The molecule has 1 aliphatic heterocycles. The second-order valence-electron chi connectivity index (χ2n) is 7.33. The van der Waals surface area contributed by atoms with Crippen LogP contribution in [0.4, 0.5) is 5.69 Å². The van der Waals surface area contributed by atoms with Gasteiger partial charge in [0.25, 0.3) is 0 Å². The van der Waals surface area contributed by atoms with Crippen LogP contribution in [0.15, 0.2) is 18.2 Å². The van der Waals surface area contributed by atoms with Crippen LogP contribution in [0.5, 0.6) is 0 Å². The Morgan fingerprint density at radius 2 is 2.04 bits per heavy atom. The van der Waals surface area contributed by atoms with Crippen molar-refractivity contribution in [1.29, 1.82) is 0 Å². The second-order valence-corrected chi connectivity index (χ2v) is 7.33. The molecule has 1 fully saturated rings. The maximum atomic E-state index is 12.4. The van der Waals surface area contributed by atoms with Crippen LogP contribution in [0.3, 0.4) is 0 Å². The fraction of sp³-hybridized carbons (Fsp3) is 0.600. The van der Waals surface area contributed by atoms with E-state index in [1.165, 1.54) is 25.7 Å². The van der Waals surface area contributed by atoms with Crippen molar-refractivity contribution in [3.63, 3.8) is 0 Å². The van der Waals surface area contributed by atoms with E-state index >= 15 is 0 Å². The Balaban J connectivity index is 1.50. The number of fused-ring (bicyclic) bond motifs is 1. The number of aliphatic carboxylic acids is 1. The Bertz CT molecular complexity index is 623. The number of carboxylic acid groups (broad SMARTS) is 1. The number of Topliss-reactive ketones (excluding diaryl/α,β-unsaturated/α-hetero) is 1. The Kier molecular flexibility index (Phi) is 6.08. The van der Waals surface area contributed by atoms with Crippen molar-refractivity contribution < 1.29 is 14.7 Å². The van der Waals surface area contributed by atoms with Crippen molar-refractivity contribution in [2.45, 2.75) is 44.9 Å². The van der Waals surface area contributed by atoms with Gasteiger partial charge in [0.15, 0.2) is 5.78 Å². The number of nitrogens with one attached hydrogen (secondary N) is 2. The van der Waals surface area contributed by atoms with Crippen LogP contribution < -0.4 is 10.6 Å². The third-order valence-corrected chi connectivity index (χ3v) is 5.50. The van der Waals surface area contributed by atoms with Gasteiger partial charge >= 0.3 is 5.97 Å². The molecule has 2 aliphatic rings. The van der Waals surface area contributed by atoms with E-state index in [0.29, 0.717) is 12.0 Å². The maximum Gasteiger partial charge on any atom is 0.304 e. The summed E-state index contributed by atoms with van der Waals surface area (Å²) in [5.74, 6) is -0.417. The molecule has 0 radical (unpaired) electrons. The molecule has 0 aromatic heterocycles. The number of benzene rings is 1. The van der Waals surface area contributed by atoms with Gasteiger partial charge in [-0.05, 0) is 81.3 Å². The smallest absolute Gasteiger partial charge is 0.304 e. The summed E-state index contributed by atoms with van der Waals surface area (Å²) in [5, 5.41) is 15.8. The third-order valence-electron chi connectivity index (χ3n) is 5.50. The first kappa shape index (κ1) is 17.9. The van der Waals surface area contributed by atoms with E-state index in [0.717, 1.165) is 43.2 Å². The topological polar surface area (TPSA) is 78.4 Å². The molecule has 1 heterocycles. The van der Waals surface area contributed by atoms with E-state index in [-0.39, 0.29) is 18.1 Å². The minimum Gasteiger partial charge on any atom is -0.481 e. The number of hydrogen-bond acceptors (Lipinski definition) is 4. The van der Waals surface area contributed by atoms with E-state index in [4.69, 9.17) is 5.11 Å². The van der Waals surface area contributed by atoms with Crippen molar-refractivity contribution in [2.24, 2.45) is 11.8 Å². The summed E-state index contributed by atoms with van der Waals surface area (Å²) in [7, 11) is 0. The van der Waals surface area contributed by atoms with Gasteiger partial charge in [-0.3, -0.25) is 9.59 Å². The first-order valence-electron chi connectivity index (χ1n) is 9.47. The maximum absolute atomic E-state index is 12.4. The monoisotopic (exact) mass is 344 g/mol. The van der Waals surface area contributed by atoms with Crippen LogP contribution in [-0.4, -0.2) is 36.5 Å². The van der Waals surface area contributed by atoms with Crippen LogP contribution in [0.25, 0.3) is 0 Å². The van der Waals surface area contributed by atoms with Crippen molar-refractivity contribution >= 4 is 17.4 Å². The number of ketones is 1. The molecule has 136 valence electrons. The van der Waals surface area contributed by atoms with Gasteiger partial charge in [0.2, 0.25) is 0 Å². The molecule has 1 aromatic carbocycles. The summed E-state index contributed by atoms with van der Waals surface area (Å²) in [6.07, 6.45) is 6.38. The highest BCUT2D eigenvalue weighted by Gasteiger charge is 2.29. The number of anilines is 1. The number of carbonyl (C=O) groups excluding carboxylic acids is 1. The molecule has 1 aliphatic carbocycles. The molecule has 0 saturated carbocycles. The molecule has 0 spiro atoms. The number of carboxylic acids is 1. The van der Waals surface area contributed by atoms with Crippen molar-refractivity contribution in [2.75, 3.05) is 25.0 Å². The van der Waals surface area contributed by atoms with Gasteiger partial charge in [-0.15, -0.1) is 0 Å². The van der Waals surface area contributed by atoms with Crippen LogP contribution in [0, 0.1) is 11.8 Å². The predicted molar refractivity (Wildman–Crippen MR) is 98.2 cm³/mol. The first-order valence-corrected chi connectivity index (χ1v) is 9.47. The van der Waals surface area contributed by atoms with Crippen molar-refractivity contribution in [3.8, 4) is 0 Å². The average molecular weight is 344 g/mol. The SMILES string of the molecule is O=C(O)CC1CCc2cc(NCCCC3CCNCC3)ccc2C1=O. The summed E-state index contributed by atoms with van der Waals surface area (Å²) in [5.41, 5.74) is 2.82. The summed E-state index contributed by atoms with van der Waals surface area (Å²) in [6.45, 7) is 3.26. The molecule has 1 unspecified atom stereocenters. The molecule has 1 saturated heterocycles. The normalized spacial score (nSPS) is 21.0. The lowest BCUT2D eigenvalue weighted by Crippen LogP contribution is -2.27. The summed E-state index contributed by atoms with van der Waals surface area (Å²) in [6, 6.07) is 5.87. The highest BCUT2D eigenvalue weighted by Crippen LogP contribution is 2.29. The number of piperidine rings is 1. The van der Waals surface area contributed by atoms with Gasteiger partial charge in [-0.1, -0.05) is 0 Å². The molecule has 1 atom stereocenters. The van der Waals surface area contributed by atoms with Gasteiger partial charge in [0, 0.05) is 23.7 Å². The Hall–Kier alpha value is -1.88. The first-order chi connectivity index (χ1) is 12.1. The zero-order chi connectivity index (χ0) is 17.6. The lowest BCUT2D eigenvalue weighted by Gasteiger charge is -2.23. The number of rotatable bonds is 7. The highest BCUT2D eigenvalue weighted by atomic mass is 16.4. The van der Waals surface area contributed by atoms with Gasteiger partial charge < -0.3 is 15.7 Å². The highest BCUT2D eigenvalue weighted by molar-refractivity contribution is 6.01. The molecular weight excluding hydrogens is 316 g/mol. The third kappa shape index (κ3) is 4.82. The van der Waals surface area contributed by atoms with Gasteiger partial charge in [-0.2, -0.15) is 0 Å². The van der Waals surface area contributed by atoms with Crippen LogP contribution in [0.2, 0.25) is 0 Å². The summed E-state index contributed by atoms with van der Waals surface area (Å²) < 4.78 is 0. The second kappa shape index (κ2) is 8.48. The van der Waals surface area contributed by atoms with Gasteiger partial charge in [0.1, 0.15) is 0 Å². The van der Waals surface area contributed by atoms with Gasteiger partial charge in [0.05, 0.1) is 6.42 Å². The van der Waals surface area contributed by atoms with Crippen molar-refractivity contribution in [3.05, 3.63) is 29.3 Å². The van der Waals surface area contributed by atoms with Crippen molar-refractivity contribution in [1.82, 2.24) is 5.32 Å². The molecule has 3 rings (SSSR count). The fourth-order valence-electron chi connectivity index (χ4n) is 4.03. The van der Waals surface area contributed by atoms with E-state index < -0.39 is 5.97 Å². The molecule has 3 N–H and O–H groups in total. The lowest BCUT2D eigenvalue weighted by molar-refractivity contribution is -0.137. The molecule has 0 bridgehead atoms. The Morgan fingerprint density at radius 1 is 1.24 bits per heavy atom. The number of aryl methyl sites for hydroxylation is 1. The van der Waals surface area contributed by atoms with E-state index in [2.05, 4.69) is 16.7 Å². The summed E-state index contributed by atoms with van der Waals surface area (Å²) in [4.78, 5) is 23.3. The molecule has 25 heavy (non-hydrogen) atoms. The molecule has 0 amide bonds. The zero-order valence-electron chi connectivity index (χ0n) is 14.7. The lowest BCUT2D eigenvalue weighted by atomic mass is 9.81. The largest absolute Gasteiger partial charge is 0.481 e. The standard InChI is InChI=1S/C20H28N2O3/c23-19(24)13-16-4-3-15-12-17(5-6-18(15)20(16)25)22-9-1-2-14-7-10-21-11-8-14/h5-6,12,14,16,21-22H,1-4,7-11,13H2,(H,23,24). The van der Waals surface area contributed by atoms with Crippen LogP contribution in [-0.2, 0) is 11.2 Å². The molecular formula is C20H28N2O3. The quantitative estimate of drug-likeness (QED) is 0.663. The molecule has 5 nitrogen and oxygen atoms in total.